The molecular formula is C23H22FN3O4S. The molecule has 0 radical (unpaired) electrons. The Morgan fingerprint density at radius 1 is 1.03 bits per heavy atom. The topological polar surface area (TPSA) is 71.1 Å². The van der Waals surface area contributed by atoms with Gasteiger partial charge in [0.1, 0.15) is 22.9 Å². The highest BCUT2D eigenvalue weighted by atomic mass is 32.1. The van der Waals surface area contributed by atoms with E-state index in [1.165, 1.54) is 31.3 Å². The Hall–Kier alpha value is -3.46. The predicted molar refractivity (Wildman–Crippen MR) is 124 cm³/mol. The van der Waals surface area contributed by atoms with Gasteiger partial charge in [-0.2, -0.15) is 0 Å². The van der Waals surface area contributed by atoms with Crippen LogP contribution < -0.4 is 24.6 Å². The minimum Gasteiger partial charge on any atom is -0.497 e. The van der Waals surface area contributed by atoms with Crippen LogP contribution in [-0.4, -0.2) is 44.2 Å². The van der Waals surface area contributed by atoms with Gasteiger partial charge in [-0.15, -0.1) is 0 Å². The van der Waals surface area contributed by atoms with Crippen LogP contribution in [0.5, 0.6) is 11.5 Å². The SMILES string of the molecule is COc1ccc(N2C(=O)/C(=C/c3ccc(N4CCCC4)c(F)c3)C(=O)NC2=S)c(OC)c1. The van der Waals surface area contributed by atoms with Crippen LogP contribution >= 0.6 is 12.2 Å². The molecular weight excluding hydrogens is 433 g/mol. The molecule has 2 amide bonds. The van der Waals surface area contributed by atoms with Gasteiger partial charge in [-0.25, -0.2) is 9.29 Å². The number of anilines is 2. The van der Waals surface area contributed by atoms with Gasteiger partial charge < -0.3 is 14.4 Å². The van der Waals surface area contributed by atoms with Crippen molar-refractivity contribution in [3.8, 4) is 11.5 Å². The number of ether oxygens (including phenoxy) is 2. The molecule has 2 aromatic rings. The molecule has 2 fully saturated rings. The van der Waals surface area contributed by atoms with Gasteiger partial charge in [0, 0.05) is 19.2 Å². The molecule has 32 heavy (non-hydrogen) atoms. The number of hydrogen-bond donors (Lipinski definition) is 1. The third-order valence-electron chi connectivity index (χ3n) is 5.46. The highest BCUT2D eigenvalue weighted by Crippen LogP contribution is 2.34. The van der Waals surface area contributed by atoms with E-state index >= 15 is 0 Å². The maximum Gasteiger partial charge on any atom is 0.270 e. The fourth-order valence-electron chi connectivity index (χ4n) is 3.84. The number of halogens is 1. The summed E-state index contributed by atoms with van der Waals surface area (Å²) in [5.41, 5.74) is 1.11. The number of carbonyl (C=O) groups excluding carboxylic acids is 2. The van der Waals surface area contributed by atoms with E-state index in [2.05, 4.69) is 5.32 Å². The van der Waals surface area contributed by atoms with Crippen molar-refractivity contribution < 1.29 is 23.5 Å². The number of hydrogen-bond acceptors (Lipinski definition) is 6. The summed E-state index contributed by atoms with van der Waals surface area (Å²) in [6.07, 6.45) is 3.42. The lowest BCUT2D eigenvalue weighted by atomic mass is 10.1. The molecule has 166 valence electrons. The third-order valence-corrected chi connectivity index (χ3v) is 5.74. The van der Waals surface area contributed by atoms with Crippen molar-refractivity contribution >= 4 is 46.6 Å². The number of nitrogens with one attached hydrogen (secondary N) is 1. The van der Waals surface area contributed by atoms with E-state index in [0.717, 1.165) is 25.9 Å². The monoisotopic (exact) mass is 455 g/mol. The Morgan fingerprint density at radius 3 is 2.41 bits per heavy atom. The van der Waals surface area contributed by atoms with Crippen LogP contribution in [0.2, 0.25) is 0 Å². The molecule has 4 rings (SSSR count). The number of thiocarbonyl (C=S) groups is 1. The first-order valence-electron chi connectivity index (χ1n) is 10.1. The van der Waals surface area contributed by atoms with Crippen molar-refractivity contribution in [2.45, 2.75) is 12.8 Å². The average Bonchev–Trinajstić information content (AvgIpc) is 3.31. The summed E-state index contributed by atoms with van der Waals surface area (Å²) in [6, 6.07) is 9.56. The number of amides is 2. The van der Waals surface area contributed by atoms with E-state index in [-0.39, 0.29) is 10.7 Å². The first-order chi connectivity index (χ1) is 15.4. The van der Waals surface area contributed by atoms with Crippen LogP contribution in [0.1, 0.15) is 18.4 Å². The fourth-order valence-corrected chi connectivity index (χ4v) is 4.11. The molecule has 2 heterocycles. The molecule has 0 atom stereocenters. The smallest absolute Gasteiger partial charge is 0.270 e. The van der Waals surface area contributed by atoms with E-state index in [1.54, 1.807) is 30.3 Å². The maximum absolute atomic E-state index is 14.7. The summed E-state index contributed by atoms with van der Waals surface area (Å²) >= 11 is 5.24. The first-order valence-corrected chi connectivity index (χ1v) is 10.5. The van der Waals surface area contributed by atoms with Gasteiger partial charge in [0.05, 0.1) is 25.6 Å². The van der Waals surface area contributed by atoms with Gasteiger partial charge in [0.25, 0.3) is 11.8 Å². The van der Waals surface area contributed by atoms with Crippen LogP contribution in [0, 0.1) is 5.82 Å². The number of benzene rings is 2. The Bertz CT molecular complexity index is 1130. The van der Waals surface area contributed by atoms with E-state index < -0.39 is 17.6 Å². The molecule has 2 aromatic carbocycles. The second-order valence-electron chi connectivity index (χ2n) is 7.40. The highest BCUT2D eigenvalue weighted by molar-refractivity contribution is 7.80. The average molecular weight is 456 g/mol. The summed E-state index contributed by atoms with van der Waals surface area (Å²) < 4.78 is 25.3. The van der Waals surface area contributed by atoms with E-state index in [9.17, 15) is 14.0 Å². The van der Waals surface area contributed by atoms with Crippen molar-refractivity contribution in [2.75, 3.05) is 37.1 Å². The fraction of sp³-hybridized carbons (Fsp3) is 0.261. The van der Waals surface area contributed by atoms with E-state index in [1.807, 2.05) is 4.90 Å². The van der Waals surface area contributed by atoms with Crippen molar-refractivity contribution in [3.63, 3.8) is 0 Å². The lowest BCUT2D eigenvalue weighted by Crippen LogP contribution is -2.54. The van der Waals surface area contributed by atoms with Crippen LogP contribution in [0.15, 0.2) is 42.0 Å². The quantitative estimate of drug-likeness (QED) is 0.424. The van der Waals surface area contributed by atoms with Crippen molar-refractivity contribution in [2.24, 2.45) is 0 Å². The van der Waals surface area contributed by atoms with Crippen LogP contribution in [-0.2, 0) is 9.59 Å². The summed E-state index contributed by atoms with van der Waals surface area (Å²) in [6.45, 7) is 1.63. The van der Waals surface area contributed by atoms with Gasteiger partial charge in [0.2, 0.25) is 0 Å². The summed E-state index contributed by atoms with van der Waals surface area (Å²) in [7, 11) is 2.97. The van der Waals surface area contributed by atoms with Gasteiger partial charge in [-0.1, -0.05) is 6.07 Å². The Balaban J connectivity index is 1.68. The van der Waals surface area contributed by atoms with Gasteiger partial charge in [-0.3, -0.25) is 14.9 Å². The molecule has 2 saturated heterocycles. The molecule has 0 aromatic heterocycles. The molecule has 0 bridgehead atoms. The number of rotatable bonds is 5. The van der Waals surface area contributed by atoms with Gasteiger partial charge >= 0.3 is 0 Å². The second-order valence-corrected chi connectivity index (χ2v) is 7.79. The van der Waals surface area contributed by atoms with E-state index in [0.29, 0.717) is 28.4 Å². The zero-order chi connectivity index (χ0) is 22.8. The lowest BCUT2D eigenvalue weighted by Gasteiger charge is -2.30. The molecule has 2 aliphatic heterocycles. The Morgan fingerprint density at radius 2 is 1.75 bits per heavy atom. The van der Waals surface area contributed by atoms with Crippen molar-refractivity contribution in [1.82, 2.24) is 5.32 Å². The minimum atomic E-state index is -0.646. The van der Waals surface area contributed by atoms with Crippen molar-refractivity contribution in [1.29, 1.82) is 0 Å². The lowest BCUT2D eigenvalue weighted by molar-refractivity contribution is -0.122. The standard InChI is InChI=1S/C23H22FN3O4S/c1-30-15-6-8-19(20(13-15)31-2)27-22(29)16(21(28)25-23(27)32)11-14-5-7-18(17(24)12-14)26-9-3-4-10-26/h5-8,11-13H,3-4,9-10H2,1-2H3,(H,25,28,32)/b16-11+. The van der Waals surface area contributed by atoms with Gasteiger partial charge in [0.15, 0.2) is 5.11 Å². The number of nitrogens with zero attached hydrogens (tertiary/aromatic N) is 2. The molecule has 0 unspecified atom stereocenters. The van der Waals surface area contributed by atoms with E-state index in [4.69, 9.17) is 21.7 Å². The molecule has 7 nitrogen and oxygen atoms in total. The largest absolute Gasteiger partial charge is 0.497 e. The third kappa shape index (κ3) is 4.03. The van der Waals surface area contributed by atoms with Crippen LogP contribution in [0.4, 0.5) is 15.8 Å². The van der Waals surface area contributed by atoms with Crippen molar-refractivity contribution in [3.05, 3.63) is 53.4 Å². The molecule has 1 N–H and O–H groups in total. The number of carbonyl (C=O) groups is 2. The summed E-state index contributed by atoms with van der Waals surface area (Å²) in [5.74, 6) is -0.793. The molecule has 2 aliphatic rings. The first kappa shape index (κ1) is 21.8. The van der Waals surface area contributed by atoms with Crippen LogP contribution in [0.25, 0.3) is 6.08 Å². The molecule has 0 saturated carbocycles. The normalized spacial score (nSPS) is 17.7. The summed E-state index contributed by atoms with van der Waals surface area (Å²) in [5, 5.41) is 2.45. The Kier molecular flexibility index (Phi) is 6.09. The summed E-state index contributed by atoms with van der Waals surface area (Å²) in [4.78, 5) is 29.0. The second kappa shape index (κ2) is 8.96. The zero-order valence-electron chi connectivity index (χ0n) is 17.7. The van der Waals surface area contributed by atoms with Gasteiger partial charge in [-0.05, 0) is 61.0 Å². The molecule has 0 aliphatic carbocycles. The molecule has 0 spiro atoms. The molecule has 9 heteroatoms. The highest BCUT2D eigenvalue weighted by Gasteiger charge is 2.36. The number of methoxy groups -OCH3 is 2. The zero-order valence-corrected chi connectivity index (χ0v) is 18.5. The van der Waals surface area contributed by atoms with Crippen LogP contribution in [0.3, 0.4) is 0 Å². The Labute approximate surface area is 190 Å². The minimum absolute atomic E-state index is 0.0730. The maximum atomic E-state index is 14.7. The predicted octanol–water partition coefficient (Wildman–Crippen LogP) is 3.27.